The van der Waals surface area contributed by atoms with Gasteiger partial charge in [-0.05, 0) is 48.8 Å². The molecule has 1 heterocycles. The first kappa shape index (κ1) is 25.3. The van der Waals surface area contributed by atoms with Gasteiger partial charge in [-0.15, -0.1) is 0 Å². The number of nitrogens with one attached hydrogen (secondary N) is 2. The van der Waals surface area contributed by atoms with Crippen LogP contribution in [0, 0.1) is 0 Å². The molecule has 0 spiro atoms. The molecule has 2 aromatic carbocycles. The number of amides is 2. The molecule has 3 rings (SSSR count). The number of benzene rings is 2. The van der Waals surface area contributed by atoms with Gasteiger partial charge in [0, 0.05) is 30.8 Å². The fourth-order valence-corrected chi connectivity index (χ4v) is 3.66. The molecule has 8 nitrogen and oxygen atoms in total. The van der Waals surface area contributed by atoms with Gasteiger partial charge >= 0.3 is 5.97 Å². The van der Waals surface area contributed by atoms with Crippen LogP contribution in [-0.2, 0) is 25.5 Å². The maximum Gasteiger partial charge on any atom is 0.306 e. The number of nitrogens with zero attached hydrogens (tertiary/aromatic N) is 1. The average molecular weight is 484 g/mol. The summed E-state index contributed by atoms with van der Waals surface area (Å²) < 4.78 is 10.5. The van der Waals surface area contributed by atoms with Crippen LogP contribution in [0.2, 0.25) is 0 Å². The fourth-order valence-electron chi connectivity index (χ4n) is 3.43. The summed E-state index contributed by atoms with van der Waals surface area (Å²) in [5.41, 5.74) is 2.30. The summed E-state index contributed by atoms with van der Waals surface area (Å²) in [5, 5.41) is 5.54. The van der Waals surface area contributed by atoms with Gasteiger partial charge in [0.1, 0.15) is 0 Å². The van der Waals surface area contributed by atoms with E-state index in [1.807, 2.05) is 30.3 Å². The molecule has 0 atom stereocenters. The molecule has 180 valence electrons. The third-order valence-corrected chi connectivity index (χ3v) is 5.39. The van der Waals surface area contributed by atoms with Crippen LogP contribution in [0.3, 0.4) is 0 Å². The standard InChI is InChI=1S/C25H29N3O5S/c29-22(11-12-23(30)33-15-5-8-19-6-2-1-3-7-19)27-25(34)26-21-10-4-9-20(18-21)24(31)28-13-16-32-17-14-28/h1-4,6-7,9-10,18H,5,8,11-17H2,(H2,26,27,29,34). The van der Waals surface area contributed by atoms with Crippen LogP contribution in [-0.4, -0.2) is 60.7 Å². The van der Waals surface area contributed by atoms with Gasteiger partial charge in [-0.25, -0.2) is 0 Å². The SMILES string of the molecule is O=C(CCC(=O)OCCCc1ccccc1)NC(=S)Nc1cccc(C(=O)N2CCOCC2)c1. The van der Waals surface area contributed by atoms with E-state index in [1.165, 1.54) is 5.56 Å². The van der Waals surface area contributed by atoms with Crippen LogP contribution in [0.5, 0.6) is 0 Å². The van der Waals surface area contributed by atoms with Gasteiger partial charge in [0.15, 0.2) is 5.11 Å². The maximum atomic E-state index is 12.6. The Kier molecular flexibility index (Phi) is 9.99. The number of thiocarbonyl (C=S) groups is 1. The lowest BCUT2D eigenvalue weighted by Crippen LogP contribution is -2.40. The number of esters is 1. The Bertz CT molecular complexity index is 993. The molecule has 0 aromatic heterocycles. The molecule has 1 aliphatic rings. The van der Waals surface area contributed by atoms with Crippen molar-refractivity contribution in [1.29, 1.82) is 0 Å². The fraction of sp³-hybridized carbons (Fsp3) is 0.360. The van der Waals surface area contributed by atoms with Crippen LogP contribution < -0.4 is 10.6 Å². The summed E-state index contributed by atoms with van der Waals surface area (Å²) in [5.74, 6) is -0.889. The molecule has 2 N–H and O–H groups in total. The minimum Gasteiger partial charge on any atom is -0.466 e. The molecule has 9 heteroatoms. The van der Waals surface area contributed by atoms with Crippen LogP contribution in [0.1, 0.15) is 35.2 Å². The molecule has 1 aliphatic heterocycles. The van der Waals surface area contributed by atoms with Crippen molar-refractivity contribution in [3.8, 4) is 0 Å². The Morgan fingerprint density at radius 1 is 1.00 bits per heavy atom. The molecular formula is C25H29N3O5S. The number of anilines is 1. The van der Waals surface area contributed by atoms with Crippen molar-refractivity contribution in [2.24, 2.45) is 0 Å². The highest BCUT2D eigenvalue weighted by molar-refractivity contribution is 7.80. The Labute approximate surface area is 204 Å². The van der Waals surface area contributed by atoms with Crippen LogP contribution in [0.4, 0.5) is 5.69 Å². The number of rotatable bonds is 9. The Balaban J connectivity index is 1.34. The molecule has 0 aliphatic carbocycles. The summed E-state index contributed by atoms with van der Waals surface area (Å²) in [7, 11) is 0. The number of hydrogen-bond acceptors (Lipinski definition) is 6. The zero-order chi connectivity index (χ0) is 24.2. The maximum absolute atomic E-state index is 12.6. The highest BCUT2D eigenvalue weighted by Crippen LogP contribution is 2.14. The smallest absolute Gasteiger partial charge is 0.306 e. The van der Waals surface area contributed by atoms with E-state index >= 15 is 0 Å². The third-order valence-electron chi connectivity index (χ3n) is 5.19. The van der Waals surface area contributed by atoms with Crippen molar-refractivity contribution >= 4 is 40.8 Å². The molecule has 2 aromatic rings. The summed E-state index contributed by atoms with van der Waals surface area (Å²) in [4.78, 5) is 38.4. The second kappa shape index (κ2) is 13.4. The molecule has 34 heavy (non-hydrogen) atoms. The van der Waals surface area contributed by atoms with Crippen molar-refractivity contribution in [3.05, 3.63) is 65.7 Å². The third kappa shape index (κ3) is 8.57. The molecule has 0 saturated carbocycles. The lowest BCUT2D eigenvalue weighted by atomic mass is 10.1. The van der Waals surface area contributed by atoms with Crippen LogP contribution in [0.25, 0.3) is 0 Å². The number of morpholine rings is 1. The zero-order valence-electron chi connectivity index (χ0n) is 19.0. The lowest BCUT2D eigenvalue weighted by Gasteiger charge is -2.27. The molecule has 0 radical (unpaired) electrons. The van der Waals surface area contributed by atoms with Crippen molar-refractivity contribution in [1.82, 2.24) is 10.2 Å². The number of carbonyl (C=O) groups is 3. The Morgan fingerprint density at radius 3 is 2.53 bits per heavy atom. The van der Waals surface area contributed by atoms with E-state index < -0.39 is 5.97 Å². The van der Waals surface area contributed by atoms with Gasteiger partial charge in [-0.3, -0.25) is 14.4 Å². The predicted octanol–water partition coefficient (Wildman–Crippen LogP) is 2.93. The highest BCUT2D eigenvalue weighted by Gasteiger charge is 2.18. The molecule has 0 unspecified atom stereocenters. The summed E-state index contributed by atoms with van der Waals surface area (Å²) >= 11 is 5.19. The number of ether oxygens (including phenoxy) is 2. The van der Waals surface area contributed by atoms with Gasteiger partial charge in [0.05, 0.1) is 26.2 Å². The van der Waals surface area contributed by atoms with Gasteiger partial charge in [0.25, 0.3) is 5.91 Å². The van der Waals surface area contributed by atoms with Crippen LogP contribution in [0.15, 0.2) is 54.6 Å². The van der Waals surface area contributed by atoms with E-state index in [-0.39, 0.29) is 29.8 Å². The minimum atomic E-state index is -0.420. The summed E-state index contributed by atoms with van der Waals surface area (Å²) in [6.07, 6.45) is 1.50. The summed E-state index contributed by atoms with van der Waals surface area (Å²) in [6.45, 7) is 2.48. The van der Waals surface area contributed by atoms with Crippen molar-refractivity contribution < 1.29 is 23.9 Å². The highest BCUT2D eigenvalue weighted by atomic mass is 32.1. The van der Waals surface area contributed by atoms with E-state index in [0.717, 1.165) is 12.8 Å². The lowest BCUT2D eigenvalue weighted by molar-refractivity contribution is -0.145. The van der Waals surface area contributed by atoms with E-state index in [0.29, 0.717) is 44.2 Å². The second-order valence-electron chi connectivity index (χ2n) is 7.80. The second-order valence-corrected chi connectivity index (χ2v) is 8.21. The predicted molar refractivity (Wildman–Crippen MR) is 132 cm³/mol. The first-order valence-corrected chi connectivity index (χ1v) is 11.7. The van der Waals surface area contributed by atoms with Crippen molar-refractivity contribution in [2.75, 3.05) is 38.2 Å². The van der Waals surface area contributed by atoms with Crippen molar-refractivity contribution in [2.45, 2.75) is 25.7 Å². The van der Waals surface area contributed by atoms with Gasteiger partial charge in [-0.2, -0.15) is 0 Å². The normalized spacial score (nSPS) is 13.1. The van der Waals surface area contributed by atoms with E-state index in [2.05, 4.69) is 10.6 Å². The number of aryl methyl sites for hydroxylation is 1. The van der Waals surface area contributed by atoms with Crippen molar-refractivity contribution in [3.63, 3.8) is 0 Å². The Hall–Kier alpha value is -3.30. The number of hydrogen-bond donors (Lipinski definition) is 2. The summed E-state index contributed by atoms with van der Waals surface area (Å²) in [6, 6.07) is 16.9. The molecular weight excluding hydrogens is 454 g/mol. The molecule has 1 saturated heterocycles. The van der Waals surface area contributed by atoms with E-state index in [4.69, 9.17) is 21.7 Å². The topological polar surface area (TPSA) is 97.0 Å². The van der Waals surface area contributed by atoms with Gasteiger partial charge in [0.2, 0.25) is 5.91 Å². The minimum absolute atomic E-state index is 0.0245. The van der Waals surface area contributed by atoms with Gasteiger partial charge < -0.3 is 25.0 Å². The number of carbonyl (C=O) groups excluding carboxylic acids is 3. The molecule has 0 bridgehead atoms. The van der Waals surface area contributed by atoms with Gasteiger partial charge in [-0.1, -0.05) is 36.4 Å². The van der Waals surface area contributed by atoms with Crippen LogP contribution >= 0.6 is 12.2 Å². The zero-order valence-corrected chi connectivity index (χ0v) is 19.8. The first-order chi connectivity index (χ1) is 16.5. The Morgan fingerprint density at radius 2 is 1.76 bits per heavy atom. The monoisotopic (exact) mass is 483 g/mol. The largest absolute Gasteiger partial charge is 0.466 e. The quantitative estimate of drug-likeness (QED) is 0.322. The molecule has 1 fully saturated rings. The average Bonchev–Trinajstić information content (AvgIpc) is 2.86. The van der Waals surface area contributed by atoms with E-state index in [1.54, 1.807) is 29.2 Å². The van der Waals surface area contributed by atoms with E-state index in [9.17, 15) is 14.4 Å². The molecule has 2 amide bonds. The first-order valence-electron chi connectivity index (χ1n) is 11.3.